The Morgan fingerprint density at radius 2 is 0.930 bits per heavy atom. The van der Waals surface area contributed by atoms with Gasteiger partial charge in [0.15, 0.2) is 0 Å². The SMILES string of the molecule is [2H]c1c([2H])c([2H])c(-c2c([2H])c([2H])c3oc4c([2H])c([2H])c([2H])c(-c5c6c([2H])c([2H])c([2H])c([2H])c6c(-c6c([2H])c([2H])c([2H])c7c([2H])c([2H])c([2H])c([2H])c67)c6c([2H])c([2H])c([2H])c([2H])c56)c4c3c2[2H])c([2H])c1[2H]. The van der Waals surface area contributed by atoms with E-state index in [9.17, 15) is 9.60 Å². The van der Waals surface area contributed by atoms with Crippen LogP contribution in [-0.2, 0) is 0 Å². The number of hydrogen-bond acceptors (Lipinski definition) is 1. The molecule has 0 aliphatic rings. The highest BCUT2D eigenvalue weighted by Gasteiger charge is 2.21. The van der Waals surface area contributed by atoms with Gasteiger partial charge in [-0.05, 0) is 83.8 Å². The molecule has 8 aromatic carbocycles. The summed E-state index contributed by atoms with van der Waals surface area (Å²) in [5, 5.41) is -5.28. The predicted octanol–water partition coefficient (Wildman–Crippen LogP) is 12.0. The van der Waals surface area contributed by atoms with Gasteiger partial charge in [0.1, 0.15) is 11.2 Å². The minimum absolute atomic E-state index is 0.578. The second kappa shape index (κ2) is 9.44. The zero-order valence-corrected chi connectivity index (χ0v) is 21.4. The number of fused-ring (bicyclic) bond motifs is 6. The molecule has 0 radical (unpaired) electrons. The van der Waals surface area contributed by atoms with Gasteiger partial charge < -0.3 is 4.42 Å². The average molecular weight is 573 g/mol. The quantitative estimate of drug-likeness (QED) is 0.192. The summed E-state index contributed by atoms with van der Waals surface area (Å²) in [6.45, 7) is 0. The third-order valence-electron chi connectivity index (χ3n) is 7.01. The largest absolute Gasteiger partial charge is 0.456 e. The molecule has 0 amide bonds. The third-order valence-corrected chi connectivity index (χ3v) is 7.01. The summed E-state index contributed by atoms with van der Waals surface area (Å²) in [7, 11) is 0. The topological polar surface area (TPSA) is 13.1 Å². The van der Waals surface area contributed by atoms with Crippen molar-refractivity contribution < 1.29 is 40.1 Å². The maximum Gasteiger partial charge on any atom is 0.136 e. The van der Waals surface area contributed by atoms with Crippen molar-refractivity contribution >= 4 is 54.3 Å². The molecule has 0 saturated carbocycles. The summed E-state index contributed by atoms with van der Waals surface area (Å²) in [6, 6.07) is -23.9. The van der Waals surface area contributed by atoms with E-state index in [1.807, 2.05) is 0 Å². The molecule has 0 saturated heterocycles. The van der Waals surface area contributed by atoms with E-state index in [1.54, 1.807) is 0 Å². The maximum absolute atomic E-state index is 9.58. The zero-order valence-electron chi connectivity index (χ0n) is 47.4. The summed E-state index contributed by atoms with van der Waals surface area (Å²) in [6.07, 6.45) is 0. The Hall–Kier alpha value is -5.66. The summed E-state index contributed by atoms with van der Waals surface area (Å²) < 4.78 is 238. The van der Waals surface area contributed by atoms with Crippen LogP contribution in [0.15, 0.2) is 162 Å². The van der Waals surface area contributed by atoms with Gasteiger partial charge in [-0.2, -0.15) is 0 Å². The van der Waals surface area contributed by atoms with Gasteiger partial charge in [0.05, 0.1) is 35.6 Å². The number of hydrogen-bond donors (Lipinski definition) is 0. The lowest BCUT2D eigenvalue weighted by molar-refractivity contribution is 0.669. The molecule has 0 atom stereocenters. The van der Waals surface area contributed by atoms with Gasteiger partial charge in [-0.15, -0.1) is 0 Å². The Morgan fingerprint density at radius 3 is 1.65 bits per heavy atom. The molecule has 0 fully saturated rings. The molecule has 0 aliphatic carbocycles. The first kappa shape index (κ1) is 9.69. The maximum atomic E-state index is 9.58. The van der Waals surface area contributed by atoms with Crippen LogP contribution in [0.3, 0.4) is 0 Å². The molecule has 0 spiro atoms. The van der Waals surface area contributed by atoms with Crippen LogP contribution in [0.5, 0.6) is 0 Å². The predicted molar refractivity (Wildman–Crippen MR) is 183 cm³/mol. The molecular weight excluding hydrogens is 520 g/mol. The average Bonchev–Trinajstić information content (AvgIpc) is 3.72. The highest BCUT2D eigenvalue weighted by molar-refractivity contribution is 6.27. The molecule has 9 aromatic rings. The lowest BCUT2D eigenvalue weighted by Crippen LogP contribution is -1.92. The smallest absolute Gasteiger partial charge is 0.136 e. The van der Waals surface area contributed by atoms with Crippen LogP contribution in [-0.4, -0.2) is 0 Å². The first-order chi connectivity index (χ1) is 32.2. The van der Waals surface area contributed by atoms with Crippen molar-refractivity contribution in [3.05, 3.63) is 157 Å². The van der Waals surface area contributed by atoms with E-state index in [0.717, 1.165) is 0 Å². The molecule has 1 heteroatoms. The Kier molecular flexibility index (Phi) is 2.13. The monoisotopic (exact) mass is 572 g/mol. The Morgan fingerprint density at radius 1 is 0.372 bits per heavy atom. The summed E-state index contributed by atoms with van der Waals surface area (Å²) >= 11 is 0. The van der Waals surface area contributed by atoms with Crippen LogP contribution in [0, 0.1) is 0 Å². The van der Waals surface area contributed by atoms with E-state index in [4.69, 9.17) is 30.5 Å². The van der Waals surface area contributed by atoms with Gasteiger partial charge in [-0.1, -0.05) is 139 Å². The van der Waals surface area contributed by atoms with Crippen molar-refractivity contribution in [2.45, 2.75) is 0 Å². The first-order valence-corrected chi connectivity index (χ1v) is 12.7. The molecule has 9 rings (SSSR count). The van der Waals surface area contributed by atoms with Gasteiger partial charge in [-0.3, -0.25) is 0 Å². The van der Waals surface area contributed by atoms with Crippen LogP contribution in [0.1, 0.15) is 35.6 Å². The molecule has 0 N–H and O–H groups in total. The van der Waals surface area contributed by atoms with E-state index in [-0.39, 0.29) is 0 Å². The van der Waals surface area contributed by atoms with Crippen molar-refractivity contribution in [2.75, 3.05) is 0 Å². The van der Waals surface area contributed by atoms with Gasteiger partial charge in [0.2, 0.25) is 0 Å². The van der Waals surface area contributed by atoms with E-state index < -0.39 is 245 Å². The number of furan rings is 1. The van der Waals surface area contributed by atoms with Crippen LogP contribution in [0.25, 0.3) is 87.6 Å². The van der Waals surface area contributed by atoms with Crippen LogP contribution in [0.4, 0.5) is 0 Å². The molecular formula is C42H26O. The number of rotatable bonds is 3. The van der Waals surface area contributed by atoms with E-state index in [0.29, 0.717) is 0 Å². The van der Waals surface area contributed by atoms with Crippen LogP contribution >= 0.6 is 0 Å². The summed E-state index contributed by atoms with van der Waals surface area (Å²) in [5.74, 6) is 0. The Balaban J connectivity index is 1.67. The minimum Gasteiger partial charge on any atom is -0.456 e. The zero-order chi connectivity index (χ0) is 51.0. The first-order valence-electron chi connectivity index (χ1n) is 25.7. The molecule has 200 valence electrons. The normalized spacial score (nSPS) is 20.2. The van der Waals surface area contributed by atoms with Crippen molar-refractivity contribution in [1.29, 1.82) is 0 Å². The van der Waals surface area contributed by atoms with E-state index >= 15 is 0 Å². The van der Waals surface area contributed by atoms with Crippen LogP contribution in [0.2, 0.25) is 0 Å². The highest BCUT2D eigenvalue weighted by atomic mass is 16.3. The minimum atomic E-state index is -0.986. The number of benzene rings is 8. The molecule has 0 unspecified atom stereocenters. The van der Waals surface area contributed by atoms with Crippen LogP contribution < -0.4 is 0 Å². The molecule has 43 heavy (non-hydrogen) atoms. The highest BCUT2D eigenvalue weighted by Crippen LogP contribution is 2.48. The lowest BCUT2D eigenvalue weighted by atomic mass is 9.84. The second-order valence-electron chi connectivity index (χ2n) is 9.26. The standard InChI is InChI=1S/C42H26O/c1-2-12-27(13-3-1)29-24-25-38-37(26-29)42-36(22-11-23-39(42)43-38)41-34-19-8-6-17-32(34)40(33-18-7-9-20-35(33)41)31-21-10-15-28-14-4-5-16-30(28)31/h1-26H/i1D,2D,3D,4D,5D,6D,7D,8D,9D,10D,11D,12D,13D,14D,15D,16D,17D,18D,19D,20D,21D,22D,23D,24D,25D,26D. The van der Waals surface area contributed by atoms with E-state index in [1.165, 1.54) is 0 Å². The van der Waals surface area contributed by atoms with Gasteiger partial charge in [0, 0.05) is 10.8 Å². The third kappa shape index (κ3) is 3.65. The van der Waals surface area contributed by atoms with Crippen molar-refractivity contribution in [3.8, 4) is 33.4 Å². The Bertz CT molecular complexity index is 3850. The lowest BCUT2D eigenvalue weighted by Gasteiger charge is -2.19. The van der Waals surface area contributed by atoms with Gasteiger partial charge in [0.25, 0.3) is 0 Å². The fourth-order valence-electron chi connectivity index (χ4n) is 5.27. The van der Waals surface area contributed by atoms with Gasteiger partial charge >= 0.3 is 0 Å². The molecule has 1 aromatic heterocycles. The molecule has 1 heterocycles. The van der Waals surface area contributed by atoms with Crippen molar-refractivity contribution in [2.24, 2.45) is 0 Å². The molecule has 1 nitrogen and oxygen atoms in total. The Labute approximate surface area is 285 Å². The van der Waals surface area contributed by atoms with Crippen molar-refractivity contribution in [1.82, 2.24) is 0 Å². The van der Waals surface area contributed by atoms with E-state index in [2.05, 4.69) is 0 Å². The second-order valence-corrected chi connectivity index (χ2v) is 9.26. The van der Waals surface area contributed by atoms with Crippen molar-refractivity contribution in [3.63, 3.8) is 0 Å². The summed E-state index contributed by atoms with van der Waals surface area (Å²) in [5.41, 5.74) is -5.57. The molecule has 0 bridgehead atoms. The summed E-state index contributed by atoms with van der Waals surface area (Å²) in [4.78, 5) is 0. The van der Waals surface area contributed by atoms with Gasteiger partial charge in [-0.25, -0.2) is 0 Å². The fraction of sp³-hybridized carbons (Fsp3) is 0. The fourth-order valence-corrected chi connectivity index (χ4v) is 5.27. The molecule has 0 aliphatic heterocycles.